The summed E-state index contributed by atoms with van der Waals surface area (Å²) in [5.41, 5.74) is 1.34. The standard InChI is InChI=1S/C21H27N5O2S/c1-2-24-11-13-25(14-12-24)20(28)18-9-6-10-26(18)19(27)17-15-29-21(23-17)22-16-7-4-3-5-8-16/h3-5,7-8,15,18H,2,6,9-14H2,1H3,(H,22,23). The van der Waals surface area contributed by atoms with Gasteiger partial charge in [0, 0.05) is 43.8 Å². The second-order valence-electron chi connectivity index (χ2n) is 7.45. The molecule has 2 aromatic rings. The van der Waals surface area contributed by atoms with Gasteiger partial charge in [0.05, 0.1) is 0 Å². The lowest BCUT2D eigenvalue weighted by molar-refractivity contribution is -0.137. The Labute approximate surface area is 175 Å². The van der Waals surface area contributed by atoms with Crippen molar-refractivity contribution in [2.45, 2.75) is 25.8 Å². The van der Waals surface area contributed by atoms with Crippen LogP contribution in [0.1, 0.15) is 30.3 Å². The van der Waals surface area contributed by atoms with Gasteiger partial charge in [-0.05, 0) is 31.5 Å². The Hall–Kier alpha value is -2.45. The molecule has 2 aliphatic rings. The molecule has 0 aliphatic carbocycles. The molecule has 0 radical (unpaired) electrons. The quantitative estimate of drug-likeness (QED) is 0.816. The molecule has 2 amide bonds. The monoisotopic (exact) mass is 413 g/mol. The molecule has 1 N–H and O–H groups in total. The van der Waals surface area contributed by atoms with Crippen LogP contribution in [0.15, 0.2) is 35.7 Å². The number of piperazine rings is 1. The van der Waals surface area contributed by atoms with E-state index in [0.29, 0.717) is 17.4 Å². The third-order valence-electron chi connectivity index (χ3n) is 5.68. The molecule has 1 aromatic carbocycles. The maximum atomic E-state index is 13.1. The third-order valence-corrected chi connectivity index (χ3v) is 6.44. The van der Waals surface area contributed by atoms with Crippen molar-refractivity contribution in [1.82, 2.24) is 19.7 Å². The Kier molecular flexibility index (Phi) is 6.10. The van der Waals surface area contributed by atoms with Crippen LogP contribution < -0.4 is 5.32 Å². The van der Waals surface area contributed by atoms with Gasteiger partial charge < -0.3 is 20.0 Å². The number of likely N-dealkylation sites (N-methyl/N-ethyl adjacent to an activating group) is 1. The average molecular weight is 414 g/mol. The zero-order valence-electron chi connectivity index (χ0n) is 16.7. The first-order valence-corrected chi connectivity index (χ1v) is 11.1. The molecule has 0 spiro atoms. The number of nitrogens with zero attached hydrogens (tertiary/aromatic N) is 4. The predicted molar refractivity (Wildman–Crippen MR) is 115 cm³/mol. The van der Waals surface area contributed by atoms with Crippen molar-refractivity contribution in [1.29, 1.82) is 0 Å². The zero-order chi connectivity index (χ0) is 20.2. The molecular formula is C21H27N5O2S. The Morgan fingerprint density at radius 2 is 1.90 bits per heavy atom. The number of carbonyl (C=O) groups is 2. The second kappa shape index (κ2) is 8.92. The molecule has 1 unspecified atom stereocenters. The first-order valence-electron chi connectivity index (χ1n) is 10.3. The van der Waals surface area contributed by atoms with Crippen molar-refractivity contribution in [3.63, 3.8) is 0 Å². The Bertz CT molecular complexity index is 848. The number of carbonyl (C=O) groups excluding carboxylic acids is 2. The summed E-state index contributed by atoms with van der Waals surface area (Å²) in [7, 11) is 0. The van der Waals surface area contributed by atoms with Gasteiger partial charge in [0.1, 0.15) is 11.7 Å². The van der Waals surface area contributed by atoms with Gasteiger partial charge in [-0.15, -0.1) is 11.3 Å². The molecule has 154 valence electrons. The van der Waals surface area contributed by atoms with Crippen LogP contribution in [0.5, 0.6) is 0 Å². The number of amides is 2. The lowest BCUT2D eigenvalue weighted by Crippen LogP contribution is -2.54. The van der Waals surface area contributed by atoms with Crippen LogP contribution in [0, 0.1) is 0 Å². The smallest absolute Gasteiger partial charge is 0.274 e. The first-order chi connectivity index (χ1) is 14.2. The highest BCUT2D eigenvalue weighted by Gasteiger charge is 2.38. The number of thiazole rings is 1. The number of anilines is 2. The Balaban J connectivity index is 1.41. The molecule has 1 atom stereocenters. The highest BCUT2D eigenvalue weighted by atomic mass is 32.1. The highest BCUT2D eigenvalue weighted by Crippen LogP contribution is 2.26. The lowest BCUT2D eigenvalue weighted by Gasteiger charge is -2.36. The summed E-state index contributed by atoms with van der Waals surface area (Å²) < 4.78 is 0. The molecule has 2 aliphatic heterocycles. The molecule has 0 saturated carbocycles. The van der Waals surface area contributed by atoms with E-state index in [1.165, 1.54) is 11.3 Å². The maximum absolute atomic E-state index is 13.1. The van der Waals surface area contributed by atoms with Gasteiger partial charge >= 0.3 is 0 Å². The van der Waals surface area contributed by atoms with Gasteiger partial charge in [-0.1, -0.05) is 25.1 Å². The maximum Gasteiger partial charge on any atom is 0.274 e. The van der Waals surface area contributed by atoms with Crippen LogP contribution >= 0.6 is 11.3 Å². The summed E-state index contributed by atoms with van der Waals surface area (Å²) in [6, 6.07) is 9.40. The van der Waals surface area contributed by atoms with Gasteiger partial charge in [-0.25, -0.2) is 4.98 Å². The first kappa shape index (κ1) is 19.8. The highest BCUT2D eigenvalue weighted by molar-refractivity contribution is 7.14. The summed E-state index contributed by atoms with van der Waals surface area (Å²) in [6.07, 6.45) is 1.59. The van der Waals surface area contributed by atoms with Crippen molar-refractivity contribution in [3.8, 4) is 0 Å². The summed E-state index contributed by atoms with van der Waals surface area (Å²) in [6.45, 7) is 7.07. The molecule has 7 nitrogen and oxygen atoms in total. The molecular weight excluding hydrogens is 386 g/mol. The lowest BCUT2D eigenvalue weighted by atomic mass is 10.1. The van der Waals surface area contributed by atoms with E-state index in [9.17, 15) is 9.59 Å². The molecule has 8 heteroatoms. The average Bonchev–Trinajstić information content (AvgIpc) is 3.43. The molecule has 3 heterocycles. The van der Waals surface area contributed by atoms with Crippen LogP contribution in [-0.2, 0) is 4.79 Å². The van der Waals surface area contributed by atoms with Crippen molar-refractivity contribution >= 4 is 34.0 Å². The van der Waals surface area contributed by atoms with Gasteiger partial charge in [0.15, 0.2) is 5.13 Å². The molecule has 2 fully saturated rings. The molecule has 29 heavy (non-hydrogen) atoms. The van der Waals surface area contributed by atoms with E-state index in [1.54, 1.807) is 10.3 Å². The van der Waals surface area contributed by atoms with E-state index in [1.807, 2.05) is 35.2 Å². The van der Waals surface area contributed by atoms with Crippen LogP contribution in [0.3, 0.4) is 0 Å². The summed E-state index contributed by atoms with van der Waals surface area (Å²) in [5.74, 6) is -0.0603. The summed E-state index contributed by atoms with van der Waals surface area (Å²) in [4.78, 5) is 36.6. The Morgan fingerprint density at radius 3 is 2.62 bits per heavy atom. The normalized spacial score (nSPS) is 20.1. The fourth-order valence-electron chi connectivity index (χ4n) is 3.98. The number of hydrogen-bond acceptors (Lipinski definition) is 6. The van der Waals surface area contributed by atoms with Crippen LogP contribution in [0.2, 0.25) is 0 Å². The fourth-order valence-corrected chi connectivity index (χ4v) is 4.69. The van der Waals surface area contributed by atoms with Crippen molar-refractivity contribution in [2.75, 3.05) is 44.6 Å². The molecule has 1 aromatic heterocycles. The number of aromatic nitrogens is 1. The summed E-state index contributed by atoms with van der Waals surface area (Å²) in [5, 5.41) is 5.67. The van der Waals surface area contributed by atoms with Gasteiger partial charge in [0.2, 0.25) is 5.91 Å². The van der Waals surface area contributed by atoms with E-state index in [-0.39, 0.29) is 17.9 Å². The fraction of sp³-hybridized carbons (Fsp3) is 0.476. The summed E-state index contributed by atoms with van der Waals surface area (Å²) >= 11 is 1.40. The Morgan fingerprint density at radius 1 is 1.14 bits per heavy atom. The van der Waals surface area contributed by atoms with Gasteiger partial charge in [-0.2, -0.15) is 0 Å². The SMILES string of the molecule is CCN1CCN(C(=O)C2CCCN2C(=O)c2csc(Nc3ccccc3)n2)CC1. The van der Waals surface area contributed by atoms with Crippen LogP contribution in [0.25, 0.3) is 0 Å². The second-order valence-corrected chi connectivity index (χ2v) is 8.30. The van der Waals surface area contributed by atoms with Crippen LogP contribution in [-0.4, -0.2) is 76.8 Å². The number of benzene rings is 1. The third kappa shape index (κ3) is 4.43. The van der Waals surface area contributed by atoms with Gasteiger partial charge in [-0.3, -0.25) is 9.59 Å². The zero-order valence-corrected chi connectivity index (χ0v) is 17.5. The molecule has 4 rings (SSSR count). The topological polar surface area (TPSA) is 68.8 Å². The molecule has 2 saturated heterocycles. The number of rotatable bonds is 5. The minimum Gasteiger partial charge on any atom is -0.338 e. The number of hydrogen-bond donors (Lipinski definition) is 1. The minimum absolute atomic E-state index is 0.0875. The van der Waals surface area contributed by atoms with Crippen molar-refractivity contribution < 1.29 is 9.59 Å². The van der Waals surface area contributed by atoms with E-state index in [0.717, 1.165) is 51.3 Å². The van der Waals surface area contributed by atoms with E-state index < -0.39 is 0 Å². The van der Waals surface area contributed by atoms with Crippen LogP contribution in [0.4, 0.5) is 10.8 Å². The van der Waals surface area contributed by atoms with Crippen molar-refractivity contribution in [2.24, 2.45) is 0 Å². The van der Waals surface area contributed by atoms with Gasteiger partial charge in [0.25, 0.3) is 5.91 Å². The predicted octanol–water partition coefficient (Wildman–Crippen LogP) is 2.66. The number of likely N-dealkylation sites (tertiary alicyclic amines) is 1. The van der Waals surface area contributed by atoms with E-state index in [4.69, 9.17) is 0 Å². The minimum atomic E-state index is -0.358. The number of para-hydroxylation sites is 1. The van der Waals surface area contributed by atoms with E-state index in [2.05, 4.69) is 22.1 Å². The number of nitrogens with one attached hydrogen (secondary N) is 1. The van der Waals surface area contributed by atoms with E-state index >= 15 is 0 Å². The molecule has 0 bridgehead atoms. The largest absolute Gasteiger partial charge is 0.338 e. The van der Waals surface area contributed by atoms with Crippen molar-refractivity contribution in [3.05, 3.63) is 41.4 Å².